The maximum Gasteiger partial charge on any atom is 0.335 e. The fraction of sp³-hybridized carbons (Fsp3) is 0.467. The lowest BCUT2D eigenvalue weighted by molar-refractivity contribution is 0.0697. The average molecular weight is 294 g/mol. The maximum atomic E-state index is 11.7. The van der Waals surface area contributed by atoms with Crippen molar-refractivity contribution in [2.45, 2.75) is 26.8 Å². The topological polar surface area (TPSA) is 98.7 Å². The van der Waals surface area contributed by atoms with Gasteiger partial charge in [0, 0.05) is 19.7 Å². The zero-order valence-electron chi connectivity index (χ0n) is 12.3. The molecule has 4 N–H and O–H groups in total. The second kappa shape index (κ2) is 7.64. The van der Waals surface area contributed by atoms with Crippen molar-refractivity contribution < 1.29 is 19.8 Å². The summed E-state index contributed by atoms with van der Waals surface area (Å²) in [5.41, 5.74) is 0.883. The summed E-state index contributed by atoms with van der Waals surface area (Å²) >= 11 is 0. The van der Waals surface area contributed by atoms with Gasteiger partial charge < -0.3 is 20.8 Å². The van der Waals surface area contributed by atoms with E-state index in [9.17, 15) is 9.59 Å². The number of hydrogen-bond acceptors (Lipinski definition) is 3. The molecule has 0 aliphatic rings. The molecular formula is C15H22N2O4. The first kappa shape index (κ1) is 17.0. The van der Waals surface area contributed by atoms with Gasteiger partial charge in [0.05, 0.1) is 5.56 Å². The van der Waals surface area contributed by atoms with Crippen molar-refractivity contribution in [1.82, 2.24) is 10.6 Å². The highest BCUT2D eigenvalue weighted by Gasteiger charge is 2.17. The van der Waals surface area contributed by atoms with E-state index in [4.69, 9.17) is 10.2 Å². The Morgan fingerprint density at radius 2 is 1.76 bits per heavy atom. The van der Waals surface area contributed by atoms with Crippen molar-refractivity contribution in [1.29, 1.82) is 0 Å². The smallest absolute Gasteiger partial charge is 0.335 e. The molecule has 0 atom stereocenters. The van der Waals surface area contributed by atoms with Gasteiger partial charge in [-0.3, -0.25) is 0 Å². The predicted octanol–water partition coefficient (Wildman–Crippen LogP) is 1.59. The number of carboxylic acid groups (broad SMARTS) is 1. The molecule has 0 fully saturated rings. The monoisotopic (exact) mass is 294 g/mol. The van der Waals surface area contributed by atoms with E-state index in [0.29, 0.717) is 19.5 Å². The highest BCUT2D eigenvalue weighted by Crippen LogP contribution is 2.17. The summed E-state index contributed by atoms with van der Waals surface area (Å²) < 4.78 is 0. The van der Waals surface area contributed by atoms with Crippen molar-refractivity contribution in [3.8, 4) is 0 Å². The second-order valence-corrected chi connectivity index (χ2v) is 5.68. The highest BCUT2D eigenvalue weighted by molar-refractivity contribution is 5.87. The van der Waals surface area contributed by atoms with Crippen LogP contribution in [0.2, 0.25) is 0 Å². The summed E-state index contributed by atoms with van der Waals surface area (Å²) in [6.07, 6.45) is 0.615. The number of carbonyl (C=O) groups is 2. The molecule has 21 heavy (non-hydrogen) atoms. The largest absolute Gasteiger partial charge is 0.478 e. The molecule has 0 bridgehead atoms. The van der Waals surface area contributed by atoms with Crippen LogP contribution in [0.4, 0.5) is 4.79 Å². The highest BCUT2D eigenvalue weighted by atomic mass is 16.4. The van der Waals surface area contributed by atoms with Crippen molar-refractivity contribution in [3.63, 3.8) is 0 Å². The molecule has 6 heteroatoms. The summed E-state index contributed by atoms with van der Waals surface area (Å²) in [5, 5.41) is 23.2. The lowest BCUT2D eigenvalue weighted by Crippen LogP contribution is -2.40. The molecule has 116 valence electrons. The van der Waals surface area contributed by atoms with Gasteiger partial charge >= 0.3 is 12.0 Å². The van der Waals surface area contributed by atoms with E-state index >= 15 is 0 Å². The third-order valence-electron chi connectivity index (χ3n) is 3.17. The van der Waals surface area contributed by atoms with Gasteiger partial charge in [-0.25, -0.2) is 9.59 Å². The van der Waals surface area contributed by atoms with Gasteiger partial charge in [0.1, 0.15) is 0 Å². The zero-order valence-corrected chi connectivity index (χ0v) is 12.3. The molecule has 1 aromatic carbocycles. The fourth-order valence-corrected chi connectivity index (χ4v) is 1.72. The lowest BCUT2D eigenvalue weighted by Gasteiger charge is -2.23. The molecule has 0 aromatic heterocycles. The Morgan fingerprint density at radius 3 is 2.29 bits per heavy atom. The van der Waals surface area contributed by atoms with Gasteiger partial charge in [-0.15, -0.1) is 0 Å². The number of carboxylic acids is 1. The molecule has 0 unspecified atom stereocenters. The van der Waals surface area contributed by atoms with Gasteiger partial charge in [0.2, 0.25) is 0 Å². The normalized spacial score (nSPS) is 11.0. The van der Waals surface area contributed by atoms with Crippen LogP contribution in [-0.4, -0.2) is 35.4 Å². The number of urea groups is 1. The quantitative estimate of drug-likeness (QED) is 0.613. The molecule has 2 amide bonds. The average Bonchev–Trinajstić information content (AvgIpc) is 2.43. The lowest BCUT2D eigenvalue weighted by atomic mass is 9.90. The number of rotatable bonds is 7. The van der Waals surface area contributed by atoms with Crippen molar-refractivity contribution in [2.24, 2.45) is 5.41 Å². The van der Waals surface area contributed by atoms with E-state index in [1.165, 1.54) is 12.1 Å². The van der Waals surface area contributed by atoms with Crippen molar-refractivity contribution in [2.75, 3.05) is 13.2 Å². The van der Waals surface area contributed by atoms with Crippen molar-refractivity contribution >= 4 is 12.0 Å². The minimum Gasteiger partial charge on any atom is -0.478 e. The molecule has 0 saturated heterocycles. The van der Waals surface area contributed by atoms with Gasteiger partial charge in [-0.05, 0) is 29.5 Å². The first-order valence-electron chi connectivity index (χ1n) is 6.79. The van der Waals surface area contributed by atoms with E-state index in [1.807, 2.05) is 13.8 Å². The first-order chi connectivity index (χ1) is 9.84. The third-order valence-corrected chi connectivity index (χ3v) is 3.17. The van der Waals surface area contributed by atoms with Gasteiger partial charge in [-0.2, -0.15) is 0 Å². The molecule has 0 heterocycles. The molecular weight excluding hydrogens is 272 g/mol. The Hall–Kier alpha value is -2.08. The molecule has 1 aromatic rings. The van der Waals surface area contributed by atoms with Crippen LogP contribution in [0, 0.1) is 5.41 Å². The van der Waals surface area contributed by atoms with Crippen LogP contribution in [0.15, 0.2) is 24.3 Å². The first-order valence-corrected chi connectivity index (χ1v) is 6.79. The molecule has 0 saturated carbocycles. The van der Waals surface area contributed by atoms with Crippen LogP contribution in [0.25, 0.3) is 0 Å². The van der Waals surface area contributed by atoms with E-state index < -0.39 is 5.97 Å². The van der Waals surface area contributed by atoms with E-state index in [1.54, 1.807) is 12.1 Å². The summed E-state index contributed by atoms with van der Waals surface area (Å²) in [6, 6.07) is 6.05. The van der Waals surface area contributed by atoms with Crippen LogP contribution in [-0.2, 0) is 6.54 Å². The number of hydrogen-bond donors (Lipinski definition) is 4. The fourth-order valence-electron chi connectivity index (χ4n) is 1.72. The standard InChI is InChI=1S/C15H22N2O4/c1-15(2,7-8-18)10-17-14(21)16-9-11-3-5-12(6-4-11)13(19)20/h3-6,18H,7-10H2,1-2H3,(H,19,20)(H2,16,17,21). The number of aromatic carboxylic acids is 1. The summed E-state index contributed by atoms with van der Waals surface area (Å²) in [6.45, 7) is 4.82. The molecule has 0 radical (unpaired) electrons. The Kier molecular flexibility index (Phi) is 6.17. The third kappa shape index (κ3) is 6.27. The molecule has 0 aliphatic carbocycles. The summed E-state index contributed by atoms with van der Waals surface area (Å²) in [4.78, 5) is 22.4. The molecule has 6 nitrogen and oxygen atoms in total. The van der Waals surface area contributed by atoms with Crippen LogP contribution in [0.1, 0.15) is 36.2 Å². The number of nitrogens with one attached hydrogen (secondary N) is 2. The summed E-state index contributed by atoms with van der Waals surface area (Å²) in [5.74, 6) is -0.974. The molecule has 0 spiro atoms. The van der Waals surface area contributed by atoms with Crippen LogP contribution in [0.3, 0.4) is 0 Å². The second-order valence-electron chi connectivity index (χ2n) is 5.68. The molecule has 0 aliphatic heterocycles. The van der Waals surface area contributed by atoms with Gasteiger partial charge in [0.25, 0.3) is 0 Å². The van der Waals surface area contributed by atoms with Crippen LogP contribution < -0.4 is 10.6 Å². The van der Waals surface area contributed by atoms with Crippen LogP contribution >= 0.6 is 0 Å². The van der Waals surface area contributed by atoms with Gasteiger partial charge in [0.15, 0.2) is 0 Å². The van der Waals surface area contributed by atoms with Gasteiger partial charge in [-0.1, -0.05) is 26.0 Å². The van der Waals surface area contributed by atoms with E-state index in [0.717, 1.165) is 5.56 Å². The van der Waals surface area contributed by atoms with E-state index in [2.05, 4.69) is 10.6 Å². The minimum absolute atomic E-state index is 0.0895. The minimum atomic E-state index is -0.974. The SMILES string of the molecule is CC(C)(CCO)CNC(=O)NCc1ccc(C(=O)O)cc1. The maximum absolute atomic E-state index is 11.7. The van der Waals surface area contributed by atoms with Crippen LogP contribution in [0.5, 0.6) is 0 Å². The number of carbonyl (C=O) groups excluding carboxylic acids is 1. The predicted molar refractivity (Wildman–Crippen MR) is 79.1 cm³/mol. The zero-order chi connectivity index (χ0) is 15.9. The number of amides is 2. The van der Waals surface area contributed by atoms with Crippen molar-refractivity contribution in [3.05, 3.63) is 35.4 Å². The Labute approximate surface area is 124 Å². The van der Waals surface area contributed by atoms with E-state index in [-0.39, 0.29) is 23.6 Å². The Morgan fingerprint density at radius 1 is 1.14 bits per heavy atom. The summed E-state index contributed by atoms with van der Waals surface area (Å²) in [7, 11) is 0. The number of aliphatic hydroxyl groups excluding tert-OH is 1. The Balaban J connectivity index is 2.37. The number of aliphatic hydroxyl groups is 1. The molecule has 1 rings (SSSR count). The number of benzene rings is 1. The Bertz CT molecular complexity index is 483.